The highest BCUT2D eigenvalue weighted by atomic mass is 79.9. The average molecular weight is 415 g/mol. The lowest BCUT2D eigenvalue weighted by Gasteiger charge is -2.12. The minimum atomic E-state index is -3.72. The van der Waals surface area contributed by atoms with Crippen LogP contribution in [0.4, 0.5) is 0 Å². The van der Waals surface area contributed by atoms with Gasteiger partial charge in [-0.1, -0.05) is 13.8 Å². The highest BCUT2D eigenvalue weighted by Crippen LogP contribution is 2.36. The van der Waals surface area contributed by atoms with Crippen molar-refractivity contribution in [2.75, 3.05) is 6.61 Å². The molecule has 0 aliphatic carbocycles. The van der Waals surface area contributed by atoms with E-state index in [-0.39, 0.29) is 4.90 Å². The van der Waals surface area contributed by atoms with Crippen LogP contribution >= 0.6 is 31.9 Å². The Hall–Kier alpha value is -0.110. The molecule has 0 amide bonds. The fraction of sp³-hybridized carbons (Fsp3) is 0.500. The standard InChI is InChI=1S/C12H17Br2NO3S/c1-8(2)4-3-5-18-12-10(13)6-9(7-11(12)14)19(15,16)17/h6-8H,3-5H2,1-2H3,(H2,15,16,17). The van der Waals surface area contributed by atoms with Crippen molar-refractivity contribution in [1.82, 2.24) is 0 Å². The zero-order chi connectivity index (χ0) is 14.6. The van der Waals surface area contributed by atoms with Crippen molar-refractivity contribution >= 4 is 41.9 Å². The van der Waals surface area contributed by atoms with Gasteiger partial charge in [0.05, 0.1) is 20.4 Å². The molecule has 0 aliphatic rings. The van der Waals surface area contributed by atoms with Crippen LogP contribution in [0.2, 0.25) is 0 Å². The summed E-state index contributed by atoms with van der Waals surface area (Å²) in [6.07, 6.45) is 2.04. The number of halogens is 2. The maximum absolute atomic E-state index is 11.3. The number of hydrogen-bond acceptors (Lipinski definition) is 3. The molecule has 1 aromatic rings. The average Bonchev–Trinajstić information content (AvgIpc) is 2.25. The van der Waals surface area contributed by atoms with Crippen molar-refractivity contribution < 1.29 is 13.2 Å². The lowest BCUT2D eigenvalue weighted by atomic mass is 10.1. The predicted octanol–water partition coefficient (Wildman–Crippen LogP) is 3.67. The van der Waals surface area contributed by atoms with Crippen molar-refractivity contribution in [2.24, 2.45) is 11.1 Å². The monoisotopic (exact) mass is 413 g/mol. The van der Waals surface area contributed by atoms with Gasteiger partial charge in [0.15, 0.2) is 0 Å². The zero-order valence-electron chi connectivity index (χ0n) is 10.8. The number of sulfonamides is 1. The lowest BCUT2D eigenvalue weighted by Crippen LogP contribution is -2.12. The molecule has 0 spiro atoms. The molecule has 0 fully saturated rings. The van der Waals surface area contributed by atoms with Crippen molar-refractivity contribution in [2.45, 2.75) is 31.6 Å². The highest BCUT2D eigenvalue weighted by molar-refractivity contribution is 9.11. The summed E-state index contributed by atoms with van der Waals surface area (Å²) in [6.45, 7) is 4.91. The van der Waals surface area contributed by atoms with Gasteiger partial charge >= 0.3 is 0 Å². The third kappa shape index (κ3) is 5.41. The van der Waals surface area contributed by atoms with E-state index < -0.39 is 10.0 Å². The second-order valence-electron chi connectivity index (χ2n) is 4.65. The maximum Gasteiger partial charge on any atom is 0.238 e. The Bertz CT molecular complexity index is 521. The predicted molar refractivity (Wildman–Crippen MR) is 82.8 cm³/mol. The minimum absolute atomic E-state index is 0.0424. The molecular formula is C12H17Br2NO3S. The molecule has 0 radical (unpaired) electrons. The van der Waals surface area contributed by atoms with Crippen LogP contribution in [-0.4, -0.2) is 15.0 Å². The summed E-state index contributed by atoms with van der Waals surface area (Å²) in [5.74, 6) is 1.23. The number of ether oxygens (including phenoxy) is 1. The van der Waals surface area contributed by atoms with E-state index in [0.717, 1.165) is 12.8 Å². The van der Waals surface area contributed by atoms with E-state index in [1.165, 1.54) is 12.1 Å². The van der Waals surface area contributed by atoms with E-state index in [2.05, 4.69) is 45.7 Å². The first-order valence-electron chi connectivity index (χ1n) is 5.86. The largest absolute Gasteiger partial charge is 0.491 e. The first-order chi connectivity index (χ1) is 8.71. The summed E-state index contributed by atoms with van der Waals surface area (Å²) in [5, 5.41) is 5.09. The number of benzene rings is 1. The number of rotatable bonds is 6. The molecular weight excluding hydrogens is 398 g/mol. The van der Waals surface area contributed by atoms with E-state index in [4.69, 9.17) is 9.88 Å². The van der Waals surface area contributed by atoms with Crippen LogP contribution in [-0.2, 0) is 10.0 Å². The Labute approximate surface area is 131 Å². The fourth-order valence-corrected chi connectivity index (χ4v) is 3.79. The van der Waals surface area contributed by atoms with Crippen LogP contribution in [0, 0.1) is 5.92 Å². The van der Waals surface area contributed by atoms with E-state index in [9.17, 15) is 8.42 Å². The Morgan fingerprint density at radius 1 is 1.26 bits per heavy atom. The van der Waals surface area contributed by atoms with E-state index in [0.29, 0.717) is 27.2 Å². The molecule has 19 heavy (non-hydrogen) atoms. The van der Waals surface area contributed by atoms with Gasteiger partial charge in [-0.3, -0.25) is 0 Å². The number of hydrogen-bond donors (Lipinski definition) is 1. The minimum Gasteiger partial charge on any atom is -0.491 e. The van der Waals surface area contributed by atoms with E-state index in [1.54, 1.807) is 0 Å². The highest BCUT2D eigenvalue weighted by Gasteiger charge is 2.15. The maximum atomic E-state index is 11.3. The summed E-state index contributed by atoms with van der Waals surface area (Å²) < 4.78 is 29.3. The van der Waals surface area contributed by atoms with E-state index in [1.807, 2.05) is 0 Å². The number of primary sulfonamides is 1. The third-order valence-corrected chi connectivity index (χ3v) is 4.54. The van der Waals surface area contributed by atoms with Crippen LogP contribution in [0.5, 0.6) is 5.75 Å². The summed E-state index contributed by atoms with van der Waals surface area (Å²) in [5.41, 5.74) is 0. The summed E-state index contributed by atoms with van der Waals surface area (Å²) >= 11 is 6.59. The second kappa shape index (κ2) is 7.06. The van der Waals surface area contributed by atoms with Gasteiger partial charge in [0, 0.05) is 0 Å². The molecule has 1 aromatic carbocycles. The van der Waals surface area contributed by atoms with Crippen LogP contribution in [0.3, 0.4) is 0 Å². The fourth-order valence-electron chi connectivity index (χ4n) is 1.50. The molecule has 0 saturated carbocycles. The number of nitrogens with two attached hydrogens (primary N) is 1. The van der Waals surface area contributed by atoms with Crippen molar-refractivity contribution in [3.8, 4) is 5.75 Å². The topological polar surface area (TPSA) is 69.4 Å². The summed E-state index contributed by atoms with van der Waals surface area (Å²) in [7, 11) is -3.72. The molecule has 4 nitrogen and oxygen atoms in total. The van der Waals surface area contributed by atoms with Crippen LogP contribution in [0.25, 0.3) is 0 Å². The molecule has 0 saturated heterocycles. The smallest absolute Gasteiger partial charge is 0.238 e. The molecule has 0 unspecified atom stereocenters. The molecule has 0 bridgehead atoms. The van der Waals surface area contributed by atoms with Crippen LogP contribution in [0.15, 0.2) is 26.0 Å². The van der Waals surface area contributed by atoms with Gasteiger partial charge in [-0.15, -0.1) is 0 Å². The van der Waals surface area contributed by atoms with Gasteiger partial charge in [0.25, 0.3) is 0 Å². The Balaban J connectivity index is 2.81. The van der Waals surface area contributed by atoms with Gasteiger partial charge < -0.3 is 4.74 Å². The van der Waals surface area contributed by atoms with Gasteiger partial charge in [0.1, 0.15) is 5.75 Å². The van der Waals surface area contributed by atoms with Gasteiger partial charge in [-0.2, -0.15) is 0 Å². The molecule has 0 heterocycles. The first-order valence-corrected chi connectivity index (χ1v) is 8.99. The third-order valence-electron chi connectivity index (χ3n) is 2.47. The van der Waals surface area contributed by atoms with Gasteiger partial charge in [-0.25, -0.2) is 13.6 Å². The van der Waals surface area contributed by atoms with Crippen molar-refractivity contribution in [3.63, 3.8) is 0 Å². The Morgan fingerprint density at radius 2 is 1.79 bits per heavy atom. The van der Waals surface area contributed by atoms with Crippen molar-refractivity contribution in [1.29, 1.82) is 0 Å². The second-order valence-corrected chi connectivity index (χ2v) is 7.92. The quantitative estimate of drug-likeness (QED) is 0.721. The molecule has 1 rings (SSSR count). The van der Waals surface area contributed by atoms with Crippen molar-refractivity contribution in [3.05, 3.63) is 21.1 Å². The van der Waals surface area contributed by atoms with E-state index >= 15 is 0 Å². The van der Waals surface area contributed by atoms with Crippen LogP contribution < -0.4 is 9.88 Å². The lowest BCUT2D eigenvalue weighted by molar-refractivity contribution is 0.294. The van der Waals surface area contributed by atoms with Gasteiger partial charge in [-0.05, 0) is 62.8 Å². The molecule has 0 aliphatic heterocycles. The summed E-state index contributed by atoms with van der Waals surface area (Å²) in [4.78, 5) is 0.0424. The molecule has 108 valence electrons. The van der Waals surface area contributed by atoms with Crippen LogP contribution in [0.1, 0.15) is 26.7 Å². The Morgan fingerprint density at radius 3 is 2.21 bits per heavy atom. The first kappa shape index (κ1) is 16.9. The SMILES string of the molecule is CC(C)CCCOc1c(Br)cc(S(N)(=O)=O)cc1Br. The molecule has 2 N–H and O–H groups in total. The molecule has 7 heteroatoms. The Kier molecular flexibility index (Phi) is 6.29. The normalized spacial score (nSPS) is 11.9. The molecule has 0 aromatic heterocycles. The zero-order valence-corrected chi connectivity index (χ0v) is 14.8. The summed E-state index contributed by atoms with van der Waals surface area (Å²) in [6, 6.07) is 2.88. The van der Waals surface area contributed by atoms with Gasteiger partial charge in [0.2, 0.25) is 10.0 Å². The molecule has 0 atom stereocenters.